The van der Waals surface area contributed by atoms with Crippen LogP contribution in [-0.4, -0.2) is 29.8 Å². The van der Waals surface area contributed by atoms with E-state index in [1.165, 1.54) is 4.90 Å². The maximum atomic E-state index is 12.1. The second-order valence-corrected chi connectivity index (χ2v) is 4.97. The van der Waals surface area contributed by atoms with E-state index in [1.54, 1.807) is 0 Å². The van der Waals surface area contributed by atoms with Gasteiger partial charge in [-0.3, -0.25) is 14.5 Å². The third-order valence-electron chi connectivity index (χ3n) is 4.15. The van der Waals surface area contributed by atoms with Crippen molar-refractivity contribution in [1.82, 2.24) is 4.90 Å². The highest BCUT2D eigenvalue weighted by atomic mass is 16.2. The van der Waals surface area contributed by atoms with Crippen molar-refractivity contribution in [2.45, 2.75) is 12.8 Å². The molecule has 2 fully saturated rings. The lowest BCUT2D eigenvalue weighted by Gasteiger charge is -2.16. The minimum Gasteiger partial charge on any atom is -0.330 e. The van der Waals surface area contributed by atoms with Crippen LogP contribution in [0.2, 0.25) is 0 Å². The van der Waals surface area contributed by atoms with E-state index in [0.29, 0.717) is 31.3 Å². The van der Waals surface area contributed by atoms with Crippen LogP contribution in [-0.2, 0) is 9.59 Å². The van der Waals surface area contributed by atoms with Crippen molar-refractivity contribution in [3.63, 3.8) is 0 Å². The number of amides is 2. The first-order valence-electron chi connectivity index (χ1n) is 5.97. The number of allylic oxidation sites excluding steroid dienone is 2. The molecule has 0 aromatic rings. The summed E-state index contributed by atoms with van der Waals surface area (Å²) in [7, 11) is 0. The van der Waals surface area contributed by atoms with E-state index in [2.05, 4.69) is 12.2 Å². The highest BCUT2D eigenvalue weighted by Gasteiger charge is 2.58. The molecule has 0 radical (unpaired) electrons. The Morgan fingerprint density at radius 1 is 1.19 bits per heavy atom. The summed E-state index contributed by atoms with van der Waals surface area (Å²) in [5.41, 5.74) is 5.42. The first kappa shape index (κ1) is 10.0. The van der Waals surface area contributed by atoms with Gasteiger partial charge in [-0.15, -0.1) is 0 Å². The van der Waals surface area contributed by atoms with Gasteiger partial charge in [-0.2, -0.15) is 0 Å². The molecule has 1 saturated carbocycles. The quantitative estimate of drug-likeness (QED) is 0.543. The first-order valence-corrected chi connectivity index (χ1v) is 5.97. The third kappa shape index (κ3) is 1.13. The molecule has 4 nitrogen and oxygen atoms in total. The predicted molar refractivity (Wildman–Crippen MR) is 58.1 cm³/mol. The lowest BCUT2D eigenvalue weighted by atomic mass is 9.85. The van der Waals surface area contributed by atoms with Crippen LogP contribution in [0.15, 0.2) is 12.2 Å². The summed E-state index contributed by atoms with van der Waals surface area (Å²) in [6.45, 7) is 1.03. The predicted octanol–water partition coefficient (Wildman–Crippen LogP) is 0.142. The average molecular weight is 220 g/mol. The molecule has 86 valence electrons. The molecule has 4 atom stereocenters. The summed E-state index contributed by atoms with van der Waals surface area (Å²) < 4.78 is 0. The van der Waals surface area contributed by atoms with Gasteiger partial charge in [-0.25, -0.2) is 0 Å². The van der Waals surface area contributed by atoms with Crippen LogP contribution in [0.25, 0.3) is 0 Å². The molecule has 3 rings (SSSR count). The lowest BCUT2D eigenvalue weighted by molar-refractivity contribution is -0.140. The molecule has 2 N–H and O–H groups in total. The standard InChI is InChI=1S/C12H16N2O2/c13-4-1-5-14-11(15)9-7-2-3-8(6-7)10(9)12(14)16/h2-3,7-10H,1,4-6,13H2. The number of carbonyl (C=O) groups is 2. The van der Waals surface area contributed by atoms with E-state index >= 15 is 0 Å². The number of likely N-dealkylation sites (tertiary alicyclic amines) is 1. The Kier molecular flexibility index (Phi) is 2.14. The second-order valence-electron chi connectivity index (χ2n) is 4.97. The fraction of sp³-hybridized carbons (Fsp3) is 0.667. The number of carbonyl (C=O) groups excluding carboxylic acids is 2. The third-order valence-corrected chi connectivity index (χ3v) is 4.15. The van der Waals surface area contributed by atoms with Crippen molar-refractivity contribution in [3.8, 4) is 0 Å². The largest absolute Gasteiger partial charge is 0.330 e. The number of hydrogen-bond donors (Lipinski definition) is 1. The van der Waals surface area contributed by atoms with Gasteiger partial charge in [-0.1, -0.05) is 12.2 Å². The maximum Gasteiger partial charge on any atom is 0.233 e. The Morgan fingerprint density at radius 2 is 1.75 bits per heavy atom. The van der Waals surface area contributed by atoms with Crippen LogP contribution in [0.5, 0.6) is 0 Å². The zero-order chi connectivity index (χ0) is 11.3. The summed E-state index contributed by atoms with van der Waals surface area (Å²) in [5, 5.41) is 0. The van der Waals surface area contributed by atoms with Crippen LogP contribution < -0.4 is 5.73 Å². The van der Waals surface area contributed by atoms with Gasteiger partial charge >= 0.3 is 0 Å². The molecule has 1 aliphatic heterocycles. The summed E-state index contributed by atoms with van der Waals surface area (Å²) in [4.78, 5) is 25.7. The van der Waals surface area contributed by atoms with Gasteiger partial charge in [0.2, 0.25) is 11.8 Å². The van der Waals surface area contributed by atoms with Gasteiger partial charge in [0.25, 0.3) is 0 Å². The molecule has 0 aromatic carbocycles. The molecule has 0 aromatic heterocycles. The molecule has 0 spiro atoms. The van der Waals surface area contributed by atoms with Crippen molar-refractivity contribution in [2.24, 2.45) is 29.4 Å². The molecule has 4 heteroatoms. The SMILES string of the molecule is NCCCN1C(=O)C2C3C=CC(C3)C2C1=O. The number of imide groups is 1. The van der Waals surface area contributed by atoms with E-state index in [4.69, 9.17) is 5.73 Å². The highest BCUT2D eigenvalue weighted by molar-refractivity contribution is 6.06. The van der Waals surface area contributed by atoms with Crippen LogP contribution >= 0.6 is 0 Å². The van der Waals surface area contributed by atoms with Gasteiger partial charge in [0.1, 0.15) is 0 Å². The van der Waals surface area contributed by atoms with E-state index in [9.17, 15) is 9.59 Å². The van der Waals surface area contributed by atoms with E-state index in [0.717, 1.165) is 6.42 Å². The number of nitrogens with zero attached hydrogens (tertiary/aromatic N) is 1. The lowest BCUT2D eigenvalue weighted by Crippen LogP contribution is -2.34. The van der Waals surface area contributed by atoms with Gasteiger partial charge in [0.15, 0.2) is 0 Å². The Morgan fingerprint density at radius 3 is 2.25 bits per heavy atom. The van der Waals surface area contributed by atoms with Gasteiger partial charge in [0.05, 0.1) is 11.8 Å². The monoisotopic (exact) mass is 220 g/mol. The summed E-state index contributed by atoms with van der Waals surface area (Å²) in [6.07, 6.45) is 5.93. The molecule has 2 bridgehead atoms. The Balaban J connectivity index is 1.83. The molecular weight excluding hydrogens is 204 g/mol. The first-order chi connectivity index (χ1) is 7.74. The fourth-order valence-corrected chi connectivity index (χ4v) is 3.43. The normalized spacial score (nSPS) is 39.9. The number of rotatable bonds is 3. The molecule has 1 saturated heterocycles. The second kappa shape index (κ2) is 3.42. The van der Waals surface area contributed by atoms with Crippen LogP contribution in [0.1, 0.15) is 12.8 Å². The van der Waals surface area contributed by atoms with E-state index < -0.39 is 0 Å². The van der Waals surface area contributed by atoms with Gasteiger partial charge < -0.3 is 5.73 Å². The van der Waals surface area contributed by atoms with Crippen molar-refractivity contribution in [1.29, 1.82) is 0 Å². The topological polar surface area (TPSA) is 63.4 Å². The van der Waals surface area contributed by atoms with Gasteiger partial charge in [-0.05, 0) is 31.2 Å². The number of hydrogen-bond acceptors (Lipinski definition) is 3. The molecular formula is C12H16N2O2. The van der Waals surface area contributed by atoms with Crippen LogP contribution in [0.4, 0.5) is 0 Å². The van der Waals surface area contributed by atoms with E-state index in [-0.39, 0.29) is 23.7 Å². The zero-order valence-corrected chi connectivity index (χ0v) is 9.13. The molecule has 4 unspecified atom stereocenters. The number of nitrogens with two attached hydrogens (primary N) is 1. The van der Waals surface area contributed by atoms with Crippen molar-refractivity contribution < 1.29 is 9.59 Å². The zero-order valence-electron chi connectivity index (χ0n) is 9.13. The van der Waals surface area contributed by atoms with Crippen molar-refractivity contribution in [3.05, 3.63) is 12.2 Å². The molecule has 2 amide bonds. The van der Waals surface area contributed by atoms with Gasteiger partial charge in [0, 0.05) is 6.54 Å². The van der Waals surface area contributed by atoms with E-state index in [1.807, 2.05) is 0 Å². The summed E-state index contributed by atoms with van der Waals surface area (Å²) >= 11 is 0. The van der Waals surface area contributed by atoms with Crippen LogP contribution in [0, 0.1) is 23.7 Å². The molecule has 3 aliphatic rings. The average Bonchev–Trinajstić information content (AvgIpc) is 2.92. The molecule has 1 heterocycles. The molecule has 2 aliphatic carbocycles. The Bertz CT molecular complexity index is 347. The minimum absolute atomic E-state index is 0.0419. The minimum atomic E-state index is -0.0553. The Hall–Kier alpha value is -1.16. The summed E-state index contributed by atoms with van der Waals surface area (Å²) in [6, 6.07) is 0. The fourth-order valence-electron chi connectivity index (χ4n) is 3.43. The van der Waals surface area contributed by atoms with Crippen molar-refractivity contribution in [2.75, 3.05) is 13.1 Å². The molecule has 16 heavy (non-hydrogen) atoms. The summed E-state index contributed by atoms with van der Waals surface area (Å²) in [5.74, 6) is 0.602. The number of fused-ring (bicyclic) bond motifs is 5. The van der Waals surface area contributed by atoms with Crippen LogP contribution in [0.3, 0.4) is 0 Å². The maximum absolute atomic E-state index is 12.1. The highest BCUT2D eigenvalue weighted by Crippen LogP contribution is 2.52. The smallest absolute Gasteiger partial charge is 0.233 e. The van der Waals surface area contributed by atoms with Crippen molar-refractivity contribution >= 4 is 11.8 Å². The Labute approximate surface area is 94.5 Å².